The van der Waals surface area contributed by atoms with Gasteiger partial charge < -0.3 is 14.1 Å². The zero-order chi connectivity index (χ0) is 18.8. The molecule has 8 heteroatoms. The summed E-state index contributed by atoms with van der Waals surface area (Å²) in [5.74, 6) is 2.22. The van der Waals surface area contributed by atoms with Gasteiger partial charge in [0, 0.05) is 49.1 Å². The lowest BCUT2D eigenvalue weighted by atomic mass is 10.1. The Morgan fingerprint density at radius 1 is 0.929 bits per heavy atom. The Hall–Kier alpha value is -3.52. The van der Waals surface area contributed by atoms with E-state index in [4.69, 9.17) is 9.15 Å². The van der Waals surface area contributed by atoms with Crippen LogP contribution in [0.25, 0.3) is 28.4 Å². The minimum Gasteiger partial charge on any atom is -0.444 e. The van der Waals surface area contributed by atoms with Gasteiger partial charge in [0.15, 0.2) is 12.2 Å². The molecule has 0 atom stereocenters. The number of hydrogen-bond acceptors (Lipinski definition) is 7. The summed E-state index contributed by atoms with van der Waals surface area (Å²) in [4.78, 5) is 19.7. The number of morpholine rings is 1. The highest BCUT2D eigenvalue weighted by Gasteiger charge is 2.15. The van der Waals surface area contributed by atoms with Gasteiger partial charge in [0.05, 0.1) is 25.0 Å². The number of ether oxygens (including phenoxy) is 1. The first-order chi connectivity index (χ1) is 13.9. The van der Waals surface area contributed by atoms with Crippen molar-refractivity contribution in [2.75, 3.05) is 31.2 Å². The van der Waals surface area contributed by atoms with E-state index in [0.29, 0.717) is 13.2 Å². The van der Waals surface area contributed by atoms with Crippen LogP contribution in [-0.4, -0.2) is 50.8 Å². The third kappa shape index (κ3) is 3.14. The molecule has 1 aromatic carbocycles. The fourth-order valence-corrected chi connectivity index (χ4v) is 3.26. The van der Waals surface area contributed by atoms with Crippen molar-refractivity contribution in [2.24, 2.45) is 0 Å². The first-order valence-electron chi connectivity index (χ1n) is 9.06. The Balaban J connectivity index is 1.46. The van der Waals surface area contributed by atoms with Crippen LogP contribution >= 0.6 is 0 Å². The van der Waals surface area contributed by atoms with Crippen molar-refractivity contribution in [3.05, 3.63) is 61.6 Å². The van der Waals surface area contributed by atoms with Gasteiger partial charge in [-0.05, 0) is 12.1 Å². The zero-order valence-corrected chi connectivity index (χ0v) is 15.1. The van der Waals surface area contributed by atoms with Crippen molar-refractivity contribution < 1.29 is 9.15 Å². The Labute approximate surface area is 161 Å². The maximum Gasteiger partial charge on any atom is 0.225 e. The van der Waals surface area contributed by atoms with E-state index >= 15 is 0 Å². The second kappa shape index (κ2) is 7.24. The smallest absolute Gasteiger partial charge is 0.225 e. The quantitative estimate of drug-likeness (QED) is 0.543. The molecule has 28 heavy (non-hydrogen) atoms. The van der Waals surface area contributed by atoms with Crippen molar-refractivity contribution in [3.8, 4) is 28.4 Å². The van der Waals surface area contributed by atoms with E-state index in [2.05, 4.69) is 24.8 Å². The normalized spacial score (nSPS) is 14.4. The monoisotopic (exact) mass is 374 g/mol. The van der Waals surface area contributed by atoms with Crippen LogP contribution < -0.4 is 4.90 Å². The molecule has 140 valence electrons. The third-order valence-corrected chi connectivity index (χ3v) is 4.67. The molecule has 0 bridgehead atoms. The maximum absolute atomic E-state index is 5.41. The molecule has 0 N–H and O–H groups in total. The summed E-state index contributed by atoms with van der Waals surface area (Å²) >= 11 is 0. The van der Waals surface area contributed by atoms with Gasteiger partial charge in [-0.3, -0.25) is 4.57 Å². The molecule has 0 saturated carbocycles. The number of hydrogen-bond donors (Lipinski definition) is 0. The van der Waals surface area contributed by atoms with E-state index in [1.807, 2.05) is 47.4 Å². The molecule has 4 heterocycles. The van der Waals surface area contributed by atoms with Crippen LogP contribution in [0.2, 0.25) is 0 Å². The SMILES string of the molecule is c1cc(-c2cnco2)cc(-n2ccnc2-c2cnc(N3CCOCC3)nc2)c1. The summed E-state index contributed by atoms with van der Waals surface area (Å²) in [5, 5.41) is 0. The predicted octanol–water partition coefficient (Wildman–Crippen LogP) is 2.82. The first-order valence-corrected chi connectivity index (χ1v) is 9.06. The van der Waals surface area contributed by atoms with Gasteiger partial charge >= 0.3 is 0 Å². The average Bonchev–Trinajstić information content (AvgIpc) is 3.47. The van der Waals surface area contributed by atoms with Crippen molar-refractivity contribution in [1.29, 1.82) is 0 Å². The molecule has 0 radical (unpaired) electrons. The molecule has 0 amide bonds. The maximum atomic E-state index is 5.41. The molecule has 1 saturated heterocycles. The van der Waals surface area contributed by atoms with Crippen LogP contribution in [0.1, 0.15) is 0 Å². The highest BCUT2D eigenvalue weighted by atomic mass is 16.5. The average molecular weight is 374 g/mol. The summed E-state index contributed by atoms with van der Waals surface area (Å²) in [6, 6.07) is 8.03. The van der Waals surface area contributed by atoms with Crippen LogP contribution in [0.4, 0.5) is 5.95 Å². The molecule has 8 nitrogen and oxygen atoms in total. The summed E-state index contributed by atoms with van der Waals surface area (Å²) in [6.07, 6.45) is 10.5. The van der Waals surface area contributed by atoms with Crippen LogP contribution in [0.5, 0.6) is 0 Å². The second-order valence-electron chi connectivity index (χ2n) is 6.41. The van der Waals surface area contributed by atoms with E-state index in [9.17, 15) is 0 Å². The molecular weight excluding hydrogens is 356 g/mol. The number of benzene rings is 1. The molecule has 3 aromatic heterocycles. The van der Waals surface area contributed by atoms with Crippen molar-refractivity contribution >= 4 is 5.95 Å². The van der Waals surface area contributed by atoms with Gasteiger partial charge in [0.1, 0.15) is 5.82 Å². The van der Waals surface area contributed by atoms with Crippen molar-refractivity contribution in [1.82, 2.24) is 24.5 Å². The lowest BCUT2D eigenvalue weighted by Gasteiger charge is -2.26. The highest BCUT2D eigenvalue weighted by Crippen LogP contribution is 2.25. The van der Waals surface area contributed by atoms with E-state index in [1.165, 1.54) is 6.39 Å². The molecule has 4 aromatic rings. The molecule has 1 aliphatic rings. The number of rotatable bonds is 4. The van der Waals surface area contributed by atoms with E-state index in [-0.39, 0.29) is 0 Å². The zero-order valence-electron chi connectivity index (χ0n) is 15.1. The van der Waals surface area contributed by atoms with Crippen LogP contribution in [0.3, 0.4) is 0 Å². The molecule has 5 rings (SSSR count). The van der Waals surface area contributed by atoms with E-state index < -0.39 is 0 Å². The Kier molecular flexibility index (Phi) is 4.30. The second-order valence-corrected chi connectivity index (χ2v) is 6.41. The predicted molar refractivity (Wildman–Crippen MR) is 103 cm³/mol. The summed E-state index contributed by atoms with van der Waals surface area (Å²) in [6.45, 7) is 3.03. The number of nitrogens with zero attached hydrogens (tertiary/aromatic N) is 6. The molecular formula is C20H18N6O2. The van der Waals surface area contributed by atoms with Gasteiger partial charge in [-0.2, -0.15) is 0 Å². The molecule has 1 fully saturated rings. The van der Waals surface area contributed by atoms with Crippen LogP contribution in [-0.2, 0) is 4.74 Å². The number of imidazole rings is 1. The molecule has 0 aliphatic carbocycles. The van der Waals surface area contributed by atoms with Gasteiger partial charge in [-0.15, -0.1) is 0 Å². The third-order valence-electron chi connectivity index (χ3n) is 4.67. The Morgan fingerprint density at radius 3 is 2.57 bits per heavy atom. The minimum absolute atomic E-state index is 0.705. The van der Waals surface area contributed by atoms with Crippen LogP contribution in [0.15, 0.2) is 66.1 Å². The van der Waals surface area contributed by atoms with Crippen molar-refractivity contribution in [2.45, 2.75) is 0 Å². The van der Waals surface area contributed by atoms with E-state index in [1.54, 1.807) is 12.4 Å². The fourth-order valence-electron chi connectivity index (χ4n) is 3.26. The highest BCUT2D eigenvalue weighted by molar-refractivity contribution is 5.63. The minimum atomic E-state index is 0.705. The summed E-state index contributed by atoms with van der Waals surface area (Å²) < 4.78 is 12.8. The topological polar surface area (TPSA) is 82.1 Å². The van der Waals surface area contributed by atoms with Crippen LogP contribution in [0, 0.1) is 0 Å². The molecule has 1 aliphatic heterocycles. The standard InChI is InChI=1S/C20H18N6O2/c1-2-15(18-13-21-14-28-18)10-17(3-1)26-5-4-22-19(26)16-11-23-20(24-12-16)25-6-8-27-9-7-25/h1-5,10-14H,6-9H2. The largest absolute Gasteiger partial charge is 0.444 e. The fraction of sp³-hybridized carbons (Fsp3) is 0.200. The van der Waals surface area contributed by atoms with Gasteiger partial charge in [-0.1, -0.05) is 12.1 Å². The molecule has 0 unspecified atom stereocenters. The first kappa shape index (κ1) is 16.6. The van der Waals surface area contributed by atoms with E-state index in [0.717, 1.165) is 47.4 Å². The summed E-state index contributed by atoms with van der Waals surface area (Å²) in [7, 11) is 0. The number of aromatic nitrogens is 5. The lowest BCUT2D eigenvalue weighted by molar-refractivity contribution is 0.122. The van der Waals surface area contributed by atoms with Gasteiger partial charge in [0.25, 0.3) is 0 Å². The Bertz CT molecular complexity index is 1050. The summed E-state index contributed by atoms with van der Waals surface area (Å²) in [5.41, 5.74) is 2.78. The number of oxazole rings is 1. The number of anilines is 1. The molecule has 0 spiro atoms. The van der Waals surface area contributed by atoms with Gasteiger partial charge in [0.2, 0.25) is 5.95 Å². The van der Waals surface area contributed by atoms with Gasteiger partial charge in [-0.25, -0.2) is 19.9 Å². The Morgan fingerprint density at radius 2 is 1.79 bits per heavy atom. The lowest BCUT2D eigenvalue weighted by Crippen LogP contribution is -2.37. The van der Waals surface area contributed by atoms with Crippen molar-refractivity contribution in [3.63, 3.8) is 0 Å².